The number of aromatic nitrogens is 3. The molecule has 168 valence electrons. The van der Waals surface area contributed by atoms with Crippen molar-refractivity contribution < 1.29 is 18.6 Å². The third-order valence-corrected chi connectivity index (χ3v) is 6.55. The zero-order valence-corrected chi connectivity index (χ0v) is 17.5. The van der Waals surface area contributed by atoms with Crippen LogP contribution in [0.4, 0.5) is 8.78 Å². The Morgan fingerprint density at radius 1 is 1.09 bits per heavy atom. The van der Waals surface area contributed by atoms with Crippen LogP contribution in [0.2, 0.25) is 0 Å². The van der Waals surface area contributed by atoms with Gasteiger partial charge in [0.2, 0.25) is 0 Å². The second kappa shape index (κ2) is 7.52. The highest BCUT2D eigenvalue weighted by atomic mass is 19.3. The number of fused-ring (bicyclic) bond motifs is 3. The molecule has 0 radical (unpaired) electrons. The minimum absolute atomic E-state index is 0.0496. The summed E-state index contributed by atoms with van der Waals surface area (Å²) in [6, 6.07) is 14.0. The van der Waals surface area contributed by atoms with Crippen LogP contribution >= 0.6 is 0 Å². The van der Waals surface area contributed by atoms with E-state index in [0.29, 0.717) is 29.2 Å². The largest absolute Gasteiger partial charge is 0.434 e. The first-order chi connectivity index (χ1) is 16.0. The maximum absolute atomic E-state index is 13.0. The van der Waals surface area contributed by atoms with Crippen LogP contribution in [0.25, 0.3) is 22.2 Å². The molecule has 0 saturated heterocycles. The summed E-state index contributed by atoms with van der Waals surface area (Å²) >= 11 is 0. The summed E-state index contributed by atoms with van der Waals surface area (Å²) in [7, 11) is 0. The number of halogens is 2. The van der Waals surface area contributed by atoms with Crippen LogP contribution in [0, 0.1) is 0 Å². The van der Waals surface area contributed by atoms with Crippen molar-refractivity contribution in [2.75, 3.05) is 0 Å². The van der Waals surface area contributed by atoms with Gasteiger partial charge in [0, 0.05) is 23.7 Å². The molecule has 6 nitrogen and oxygen atoms in total. The number of H-pyrrole nitrogens is 1. The van der Waals surface area contributed by atoms with Crippen LogP contribution < -0.4 is 10.3 Å². The predicted octanol–water partition coefficient (Wildman–Crippen LogP) is 4.90. The lowest BCUT2D eigenvalue weighted by Gasteiger charge is -2.19. The molecule has 2 N–H and O–H groups in total. The summed E-state index contributed by atoms with van der Waals surface area (Å²) in [6.07, 6.45) is 3.26. The smallest absolute Gasteiger partial charge is 0.387 e. The van der Waals surface area contributed by atoms with E-state index in [1.807, 2.05) is 28.8 Å². The number of nitrogens with one attached hydrogen (secondary N) is 1. The highest BCUT2D eigenvalue weighted by Crippen LogP contribution is 2.44. The van der Waals surface area contributed by atoms with E-state index in [1.54, 1.807) is 24.4 Å². The molecule has 6 rings (SSSR count). The average molecular weight is 449 g/mol. The molecule has 0 unspecified atom stereocenters. The van der Waals surface area contributed by atoms with Crippen LogP contribution in [-0.2, 0) is 0 Å². The normalized spacial score (nSPS) is 19.9. The van der Waals surface area contributed by atoms with Crippen molar-refractivity contribution in [2.24, 2.45) is 0 Å². The number of aliphatic hydroxyl groups is 1. The molecular weight excluding hydrogens is 428 g/mol. The molecule has 2 atom stereocenters. The number of para-hydroxylation sites is 1. The zero-order chi connectivity index (χ0) is 22.7. The lowest BCUT2D eigenvalue weighted by Crippen LogP contribution is -2.11. The number of hydrogen-bond donors (Lipinski definition) is 2. The van der Waals surface area contributed by atoms with Crippen molar-refractivity contribution >= 4 is 11.0 Å². The minimum Gasteiger partial charge on any atom is -0.434 e. The molecule has 1 aliphatic carbocycles. The summed E-state index contributed by atoms with van der Waals surface area (Å²) in [4.78, 5) is 19.6. The Morgan fingerprint density at radius 3 is 2.70 bits per heavy atom. The van der Waals surface area contributed by atoms with E-state index < -0.39 is 18.8 Å². The molecular formula is C25H21F2N3O3. The summed E-state index contributed by atoms with van der Waals surface area (Å²) in [5.41, 5.74) is 4.61. The molecule has 0 bridgehead atoms. The van der Waals surface area contributed by atoms with Crippen LogP contribution in [0.5, 0.6) is 5.75 Å². The minimum atomic E-state index is -2.94. The van der Waals surface area contributed by atoms with Gasteiger partial charge in [0.15, 0.2) is 0 Å². The second-order valence-corrected chi connectivity index (χ2v) is 8.67. The first kappa shape index (κ1) is 20.1. The lowest BCUT2D eigenvalue weighted by molar-refractivity contribution is -0.0507. The van der Waals surface area contributed by atoms with Gasteiger partial charge in [-0.25, -0.2) is 4.98 Å². The summed E-state index contributed by atoms with van der Waals surface area (Å²) in [5.74, 6) is 0.909. The Morgan fingerprint density at radius 2 is 1.91 bits per heavy atom. The fraction of sp³-hybridized carbons (Fsp3) is 0.280. The van der Waals surface area contributed by atoms with Crippen LogP contribution in [0.15, 0.2) is 59.5 Å². The van der Waals surface area contributed by atoms with E-state index in [2.05, 4.69) is 9.97 Å². The highest BCUT2D eigenvalue weighted by molar-refractivity contribution is 5.83. The van der Waals surface area contributed by atoms with E-state index in [0.717, 1.165) is 35.0 Å². The number of imidazole rings is 1. The fourth-order valence-electron chi connectivity index (χ4n) is 4.87. The van der Waals surface area contributed by atoms with E-state index in [4.69, 9.17) is 4.74 Å². The first-order valence-corrected chi connectivity index (χ1v) is 11.0. The van der Waals surface area contributed by atoms with Gasteiger partial charge in [-0.15, -0.1) is 0 Å². The number of rotatable bonds is 5. The van der Waals surface area contributed by atoms with Gasteiger partial charge in [0.25, 0.3) is 5.56 Å². The van der Waals surface area contributed by atoms with Gasteiger partial charge < -0.3 is 19.4 Å². The molecule has 1 saturated carbocycles. The number of pyridine rings is 1. The molecule has 33 heavy (non-hydrogen) atoms. The van der Waals surface area contributed by atoms with Gasteiger partial charge in [-0.05, 0) is 54.2 Å². The molecule has 2 aliphatic rings. The summed E-state index contributed by atoms with van der Waals surface area (Å²) in [6.45, 7) is -2.94. The quantitative estimate of drug-likeness (QED) is 0.454. The molecule has 8 heteroatoms. The van der Waals surface area contributed by atoms with Gasteiger partial charge in [-0.1, -0.05) is 24.3 Å². The summed E-state index contributed by atoms with van der Waals surface area (Å²) in [5, 5.41) is 10.7. The molecule has 4 aromatic rings. The standard InChI is InChI=1S/C25H21F2N3O3/c26-25(27)33-22-4-2-1-3-16(22)19-11-21(31)23-29-18-8-7-14(10-20(18)30(19)23)15-9-17(13-5-6-13)24(32)28-12-15/h1-4,7-10,12-13,19,21,25,31H,5-6,11H2,(H,28,32)/t19-,21-/m1/s1. The van der Waals surface area contributed by atoms with Crippen LogP contribution in [0.3, 0.4) is 0 Å². The third-order valence-electron chi connectivity index (χ3n) is 6.55. The van der Waals surface area contributed by atoms with Crippen molar-refractivity contribution in [3.8, 4) is 16.9 Å². The van der Waals surface area contributed by atoms with E-state index in [-0.39, 0.29) is 11.3 Å². The molecule has 3 heterocycles. The Bertz CT molecular complexity index is 1420. The Hall–Kier alpha value is -3.52. The Labute approximate surface area is 187 Å². The van der Waals surface area contributed by atoms with Crippen LogP contribution in [-0.4, -0.2) is 26.3 Å². The number of aliphatic hydroxyl groups excluding tert-OH is 1. The van der Waals surface area contributed by atoms with Gasteiger partial charge in [0.1, 0.15) is 17.7 Å². The predicted molar refractivity (Wildman–Crippen MR) is 119 cm³/mol. The number of nitrogens with zero attached hydrogens (tertiary/aromatic N) is 2. The van der Waals surface area contributed by atoms with E-state index in [1.165, 1.54) is 6.07 Å². The van der Waals surface area contributed by atoms with Crippen molar-refractivity contribution in [1.82, 2.24) is 14.5 Å². The SMILES string of the molecule is O=c1[nH]cc(-c2ccc3nc4n(c3c2)[C@@H](c2ccccc2OC(F)F)C[C@H]4O)cc1C1CC1. The zero-order valence-electron chi connectivity index (χ0n) is 17.5. The first-order valence-electron chi connectivity index (χ1n) is 11.0. The van der Waals surface area contributed by atoms with Gasteiger partial charge in [0.05, 0.1) is 17.1 Å². The average Bonchev–Trinajstić information content (AvgIpc) is 3.50. The fourth-order valence-corrected chi connectivity index (χ4v) is 4.87. The number of aromatic amines is 1. The highest BCUT2D eigenvalue weighted by Gasteiger charge is 2.35. The monoisotopic (exact) mass is 449 g/mol. The Balaban J connectivity index is 1.48. The van der Waals surface area contributed by atoms with Crippen molar-refractivity contribution in [2.45, 2.75) is 43.9 Å². The number of benzene rings is 2. The van der Waals surface area contributed by atoms with Gasteiger partial charge in [-0.2, -0.15) is 8.78 Å². The molecule has 2 aromatic carbocycles. The van der Waals surface area contributed by atoms with E-state index >= 15 is 0 Å². The second-order valence-electron chi connectivity index (χ2n) is 8.67. The summed E-state index contributed by atoms with van der Waals surface area (Å²) < 4.78 is 32.7. The maximum atomic E-state index is 13.0. The van der Waals surface area contributed by atoms with Crippen molar-refractivity contribution in [3.63, 3.8) is 0 Å². The van der Waals surface area contributed by atoms with Gasteiger partial charge in [-0.3, -0.25) is 4.79 Å². The molecule has 0 spiro atoms. The molecule has 1 aliphatic heterocycles. The van der Waals surface area contributed by atoms with Gasteiger partial charge >= 0.3 is 6.61 Å². The maximum Gasteiger partial charge on any atom is 0.387 e. The molecule has 1 fully saturated rings. The number of alkyl halides is 2. The van der Waals surface area contributed by atoms with E-state index in [9.17, 15) is 18.7 Å². The lowest BCUT2D eigenvalue weighted by atomic mass is 10.0. The van der Waals surface area contributed by atoms with Crippen molar-refractivity contribution in [1.29, 1.82) is 0 Å². The topological polar surface area (TPSA) is 80.1 Å². The molecule has 0 amide bonds. The van der Waals surface area contributed by atoms with Crippen molar-refractivity contribution in [3.05, 3.63) is 82.0 Å². The van der Waals surface area contributed by atoms with Crippen LogP contribution in [0.1, 0.15) is 54.3 Å². The third kappa shape index (κ3) is 3.41. The number of ether oxygens (including phenoxy) is 1. The number of hydrogen-bond acceptors (Lipinski definition) is 4. The Kier molecular flexibility index (Phi) is 4.58. The molecule has 2 aromatic heterocycles.